The van der Waals surface area contributed by atoms with Gasteiger partial charge in [-0.1, -0.05) is 0 Å². The highest BCUT2D eigenvalue weighted by atomic mass is 19.1. The first-order valence-corrected chi connectivity index (χ1v) is 10.7. The number of nitrogens with one attached hydrogen (secondary N) is 3. The van der Waals surface area contributed by atoms with Crippen molar-refractivity contribution in [1.82, 2.24) is 20.1 Å². The van der Waals surface area contributed by atoms with Crippen LogP contribution in [-0.2, 0) is 23.3 Å². The van der Waals surface area contributed by atoms with Gasteiger partial charge in [-0.15, -0.1) is 0 Å². The number of carbonyl (C=O) groups excluding carboxylic acids is 3. The van der Waals surface area contributed by atoms with Gasteiger partial charge in [0.15, 0.2) is 0 Å². The highest BCUT2D eigenvalue weighted by Crippen LogP contribution is 2.44. The third-order valence-electron chi connectivity index (χ3n) is 6.36. The number of H-pyrrole nitrogens is 1. The maximum absolute atomic E-state index is 14.0. The molecule has 3 N–H and O–H groups in total. The number of carbonyl (C=O) groups is 3. The van der Waals surface area contributed by atoms with Gasteiger partial charge in [0, 0.05) is 24.5 Å². The lowest BCUT2D eigenvalue weighted by Gasteiger charge is -2.15. The molecule has 0 unspecified atom stereocenters. The van der Waals surface area contributed by atoms with Crippen molar-refractivity contribution in [3.05, 3.63) is 70.3 Å². The topological polar surface area (TPSA) is 109 Å². The summed E-state index contributed by atoms with van der Waals surface area (Å²) in [6, 6.07) is 4.62. The molecule has 0 atom stereocenters. The molecule has 1 aromatic carbocycles. The first-order valence-electron chi connectivity index (χ1n) is 10.7. The van der Waals surface area contributed by atoms with Gasteiger partial charge in [-0.25, -0.2) is 8.78 Å². The molecule has 0 radical (unpaired) electrons. The summed E-state index contributed by atoms with van der Waals surface area (Å²) in [6.07, 6.45) is 4.22. The Morgan fingerprint density at radius 3 is 2.64 bits per heavy atom. The number of nitrogens with zero attached hydrogens (tertiary/aromatic N) is 2. The Labute approximate surface area is 187 Å². The number of halogens is 2. The molecule has 1 aliphatic heterocycles. The Balaban J connectivity index is 1.43. The standard InChI is InChI=1S/C23H21F2N5O3/c1-12-18(20(31)22(33)28-23(7-8-23)17-6-9-26-29-17)16-3-2-10-30(16)19(12)21(32)27-15-5-4-13(24)11-14(15)25/h4-6,9,11H,2-3,7-8,10H2,1H3,(H,26,29)(H,27,32)(H,28,33). The van der Waals surface area contributed by atoms with Crippen molar-refractivity contribution in [2.45, 2.75) is 44.7 Å². The molecule has 0 saturated heterocycles. The Bertz CT molecular complexity index is 1290. The lowest BCUT2D eigenvalue weighted by molar-refractivity contribution is -0.118. The van der Waals surface area contributed by atoms with Gasteiger partial charge in [0.25, 0.3) is 17.6 Å². The van der Waals surface area contributed by atoms with Crippen molar-refractivity contribution in [1.29, 1.82) is 0 Å². The monoisotopic (exact) mass is 453 g/mol. The van der Waals surface area contributed by atoms with Gasteiger partial charge in [0.05, 0.1) is 22.5 Å². The average molecular weight is 453 g/mol. The maximum Gasteiger partial charge on any atom is 0.293 e. The fraction of sp³-hybridized carbons (Fsp3) is 0.304. The molecule has 2 aromatic heterocycles. The van der Waals surface area contributed by atoms with E-state index < -0.39 is 34.8 Å². The molecule has 1 fully saturated rings. The number of benzene rings is 1. The number of anilines is 1. The van der Waals surface area contributed by atoms with Crippen LogP contribution in [0.2, 0.25) is 0 Å². The number of Topliss-reactive ketones (excluding diaryl/α,β-unsaturated/α-hetero) is 1. The first-order chi connectivity index (χ1) is 15.8. The molecule has 2 amide bonds. The minimum Gasteiger partial charge on any atom is -0.340 e. The van der Waals surface area contributed by atoms with Crippen LogP contribution < -0.4 is 10.6 Å². The largest absolute Gasteiger partial charge is 0.340 e. The summed E-state index contributed by atoms with van der Waals surface area (Å²) in [7, 11) is 0. The van der Waals surface area contributed by atoms with Crippen LogP contribution in [0.1, 0.15) is 57.1 Å². The summed E-state index contributed by atoms with van der Waals surface area (Å²) in [5, 5.41) is 12.0. The van der Waals surface area contributed by atoms with Crippen LogP contribution in [-0.4, -0.2) is 32.4 Å². The van der Waals surface area contributed by atoms with E-state index in [0.717, 1.165) is 17.8 Å². The summed E-state index contributed by atoms with van der Waals surface area (Å²) in [4.78, 5) is 39.1. The Hall–Kier alpha value is -3.82. The molecule has 0 bridgehead atoms. The van der Waals surface area contributed by atoms with Gasteiger partial charge < -0.3 is 15.2 Å². The number of aromatic amines is 1. The van der Waals surface area contributed by atoms with Crippen LogP contribution in [0.4, 0.5) is 14.5 Å². The van der Waals surface area contributed by atoms with E-state index in [4.69, 9.17) is 0 Å². The number of aromatic nitrogens is 3. The molecule has 10 heteroatoms. The smallest absolute Gasteiger partial charge is 0.293 e. The molecule has 0 spiro atoms. The predicted molar refractivity (Wildman–Crippen MR) is 114 cm³/mol. The second kappa shape index (κ2) is 7.65. The maximum atomic E-state index is 14.0. The van der Waals surface area contributed by atoms with Gasteiger partial charge >= 0.3 is 0 Å². The number of fused-ring (bicyclic) bond motifs is 1. The van der Waals surface area contributed by atoms with Crippen molar-refractivity contribution in [2.75, 3.05) is 5.32 Å². The van der Waals surface area contributed by atoms with Gasteiger partial charge in [-0.05, 0) is 56.4 Å². The van der Waals surface area contributed by atoms with Crippen LogP contribution in [0, 0.1) is 18.6 Å². The van der Waals surface area contributed by atoms with Crippen LogP contribution >= 0.6 is 0 Å². The second-order valence-corrected chi connectivity index (χ2v) is 8.46. The number of amides is 2. The Morgan fingerprint density at radius 1 is 1.18 bits per heavy atom. The molecule has 3 heterocycles. The summed E-state index contributed by atoms with van der Waals surface area (Å²) < 4.78 is 28.9. The molecule has 170 valence electrons. The highest BCUT2D eigenvalue weighted by molar-refractivity contribution is 6.44. The van der Waals surface area contributed by atoms with Crippen LogP contribution in [0.25, 0.3) is 0 Å². The molecule has 5 rings (SSSR count). The van der Waals surface area contributed by atoms with E-state index in [0.29, 0.717) is 49.6 Å². The number of hydrogen-bond acceptors (Lipinski definition) is 4. The molecular weight excluding hydrogens is 432 g/mol. The average Bonchev–Trinajstić information content (AvgIpc) is 3.14. The second-order valence-electron chi connectivity index (χ2n) is 8.46. The number of hydrogen-bond donors (Lipinski definition) is 3. The first kappa shape index (κ1) is 21.0. The lowest BCUT2D eigenvalue weighted by atomic mass is 10.0. The van der Waals surface area contributed by atoms with E-state index in [1.807, 2.05) is 0 Å². The van der Waals surface area contributed by atoms with Crippen LogP contribution in [0.3, 0.4) is 0 Å². The van der Waals surface area contributed by atoms with Gasteiger partial charge in [0.2, 0.25) is 0 Å². The van der Waals surface area contributed by atoms with Crippen molar-refractivity contribution < 1.29 is 23.2 Å². The zero-order valence-electron chi connectivity index (χ0n) is 17.8. The highest BCUT2D eigenvalue weighted by Gasteiger charge is 2.48. The molecule has 33 heavy (non-hydrogen) atoms. The minimum absolute atomic E-state index is 0.171. The minimum atomic E-state index is -0.904. The van der Waals surface area contributed by atoms with Crippen molar-refractivity contribution >= 4 is 23.3 Å². The summed E-state index contributed by atoms with van der Waals surface area (Å²) in [5.74, 6) is -3.75. The van der Waals surface area contributed by atoms with Gasteiger partial charge in [-0.3, -0.25) is 19.5 Å². The van der Waals surface area contributed by atoms with E-state index in [-0.39, 0.29) is 16.9 Å². The van der Waals surface area contributed by atoms with E-state index in [9.17, 15) is 23.2 Å². The molecule has 8 nitrogen and oxygen atoms in total. The number of rotatable bonds is 6. The normalized spacial score (nSPS) is 15.7. The Morgan fingerprint density at radius 2 is 1.97 bits per heavy atom. The Kier molecular flexibility index (Phi) is 4.88. The predicted octanol–water partition coefficient (Wildman–Crippen LogP) is 2.98. The third kappa shape index (κ3) is 3.51. The van der Waals surface area contributed by atoms with Crippen molar-refractivity contribution in [2.24, 2.45) is 0 Å². The lowest BCUT2D eigenvalue weighted by Crippen LogP contribution is -2.40. The summed E-state index contributed by atoms with van der Waals surface area (Å²) in [6.45, 7) is 2.10. The van der Waals surface area contributed by atoms with E-state index in [1.165, 1.54) is 0 Å². The zero-order chi connectivity index (χ0) is 23.3. The molecular formula is C23H21F2N5O3. The van der Waals surface area contributed by atoms with Gasteiger partial charge in [0.1, 0.15) is 17.3 Å². The van der Waals surface area contributed by atoms with Crippen molar-refractivity contribution in [3.8, 4) is 0 Å². The number of ketones is 1. The van der Waals surface area contributed by atoms with E-state index in [1.54, 1.807) is 23.8 Å². The zero-order valence-corrected chi connectivity index (χ0v) is 17.8. The fourth-order valence-electron chi connectivity index (χ4n) is 4.58. The summed E-state index contributed by atoms with van der Waals surface area (Å²) in [5.41, 5.74) is 1.31. The SMILES string of the molecule is Cc1c(C(=O)C(=O)NC2(c3ccn[nH]3)CC2)c2n(c1C(=O)Nc1ccc(F)cc1F)CCC2. The van der Waals surface area contributed by atoms with Crippen LogP contribution in [0.5, 0.6) is 0 Å². The molecule has 1 saturated carbocycles. The molecule has 3 aromatic rings. The van der Waals surface area contributed by atoms with Gasteiger partial charge in [-0.2, -0.15) is 5.10 Å². The van der Waals surface area contributed by atoms with Crippen molar-refractivity contribution in [3.63, 3.8) is 0 Å². The van der Waals surface area contributed by atoms with E-state index in [2.05, 4.69) is 20.8 Å². The molecule has 2 aliphatic rings. The molecule has 1 aliphatic carbocycles. The van der Waals surface area contributed by atoms with E-state index >= 15 is 0 Å². The summed E-state index contributed by atoms with van der Waals surface area (Å²) >= 11 is 0. The van der Waals surface area contributed by atoms with Crippen LogP contribution in [0.15, 0.2) is 30.5 Å². The third-order valence-corrected chi connectivity index (χ3v) is 6.36. The quantitative estimate of drug-likeness (QED) is 0.394. The fourth-order valence-corrected chi connectivity index (χ4v) is 4.58.